The van der Waals surface area contributed by atoms with E-state index in [1.54, 1.807) is 7.11 Å². The third kappa shape index (κ3) is 6.40. The highest BCUT2D eigenvalue weighted by Gasteiger charge is 2.22. The van der Waals surface area contributed by atoms with Crippen LogP contribution in [0.15, 0.2) is 10.6 Å². The maximum absolute atomic E-state index is 5.24. The quantitative estimate of drug-likeness (QED) is 0.512. The van der Waals surface area contributed by atoms with Gasteiger partial charge in [-0.15, -0.1) is 0 Å². The molecular weight excluding hydrogens is 355 g/mol. The zero-order valence-corrected chi connectivity index (χ0v) is 13.2. The Hall–Kier alpha value is 0.910. The Bertz CT molecular complexity index is 184. The summed E-state index contributed by atoms with van der Waals surface area (Å²) in [6.07, 6.45) is 3.40. The van der Waals surface area contributed by atoms with E-state index in [9.17, 15) is 0 Å². The smallest absolute Gasteiger partial charge is 0.0530 e. The van der Waals surface area contributed by atoms with Crippen molar-refractivity contribution in [3.8, 4) is 0 Å². The van der Waals surface area contributed by atoms with Crippen molar-refractivity contribution in [2.24, 2.45) is 11.3 Å². The second kappa shape index (κ2) is 7.23. The lowest BCUT2D eigenvalue weighted by Gasteiger charge is -2.27. The Morgan fingerprint density at radius 2 is 2.07 bits per heavy atom. The van der Waals surface area contributed by atoms with Gasteiger partial charge in [-0.2, -0.15) is 0 Å². The number of ether oxygens (including phenoxy) is 1. The standard InChI is InChI=1S/C11H20BrIO/c1-11(2,3)9(8-14-4)7-10(12)5-6-13/h7,9H,5-6,8H2,1-4H3/b10-7+. The second-order valence-corrected chi connectivity index (χ2v) is 6.58. The van der Waals surface area contributed by atoms with E-state index in [1.807, 2.05) is 0 Å². The second-order valence-electron chi connectivity index (χ2n) is 4.48. The molecular formula is C11H20BrIO. The average molecular weight is 375 g/mol. The maximum atomic E-state index is 5.24. The normalized spacial score (nSPS) is 15.7. The van der Waals surface area contributed by atoms with Gasteiger partial charge in [0.1, 0.15) is 0 Å². The predicted molar refractivity (Wildman–Crippen MR) is 75.3 cm³/mol. The van der Waals surface area contributed by atoms with Gasteiger partial charge < -0.3 is 4.74 Å². The lowest BCUT2D eigenvalue weighted by molar-refractivity contribution is 0.117. The molecule has 84 valence electrons. The van der Waals surface area contributed by atoms with Crippen LogP contribution >= 0.6 is 38.5 Å². The summed E-state index contributed by atoms with van der Waals surface area (Å²) in [5.41, 5.74) is 0.264. The van der Waals surface area contributed by atoms with Gasteiger partial charge in [-0.3, -0.25) is 0 Å². The summed E-state index contributed by atoms with van der Waals surface area (Å²) in [6, 6.07) is 0. The van der Waals surface area contributed by atoms with Crippen LogP contribution in [-0.4, -0.2) is 18.1 Å². The first-order chi connectivity index (χ1) is 6.41. The topological polar surface area (TPSA) is 9.23 Å². The molecule has 0 aromatic heterocycles. The molecule has 0 radical (unpaired) electrons. The van der Waals surface area contributed by atoms with Gasteiger partial charge in [0.25, 0.3) is 0 Å². The molecule has 1 unspecified atom stereocenters. The highest BCUT2D eigenvalue weighted by molar-refractivity contribution is 14.1. The Morgan fingerprint density at radius 1 is 1.50 bits per heavy atom. The molecule has 0 aliphatic heterocycles. The van der Waals surface area contributed by atoms with Crippen LogP contribution in [0.4, 0.5) is 0 Å². The summed E-state index contributed by atoms with van der Waals surface area (Å²) in [5, 5.41) is 0. The number of methoxy groups -OCH3 is 1. The molecule has 0 spiro atoms. The minimum atomic E-state index is 0.264. The molecule has 0 amide bonds. The zero-order valence-electron chi connectivity index (χ0n) is 9.44. The van der Waals surface area contributed by atoms with Crippen molar-refractivity contribution in [3.05, 3.63) is 10.6 Å². The van der Waals surface area contributed by atoms with E-state index in [0.29, 0.717) is 5.92 Å². The van der Waals surface area contributed by atoms with E-state index in [-0.39, 0.29) is 5.41 Å². The SMILES string of the molecule is COCC(/C=C(/Br)CCI)C(C)(C)C. The first kappa shape index (κ1) is 14.9. The van der Waals surface area contributed by atoms with E-state index in [4.69, 9.17) is 4.74 Å². The average Bonchev–Trinajstić information content (AvgIpc) is 2.02. The van der Waals surface area contributed by atoms with E-state index < -0.39 is 0 Å². The lowest BCUT2D eigenvalue weighted by atomic mass is 9.81. The summed E-state index contributed by atoms with van der Waals surface area (Å²) in [4.78, 5) is 0. The monoisotopic (exact) mass is 374 g/mol. The Morgan fingerprint density at radius 3 is 2.43 bits per heavy atom. The van der Waals surface area contributed by atoms with Crippen molar-refractivity contribution in [1.82, 2.24) is 0 Å². The fourth-order valence-corrected chi connectivity index (χ4v) is 2.96. The minimum Gasteiger partial charge on any atom is -0.384 e. The summed E-state index contributed by atoms with van der Waals surface area (Å²) in [5.74, 6) is 0.477. The zero-order chi connectivity index (χ0) is 11.2. The molecule has 0 saturated carbocycles. The van der Waals surface area contributed by atoms with Crippen LogP contribution in [0.1, 0.15) is 27.2 Å². The molecule has 0 saturated heterocycles. The third-order valence-electron chi connectivity index (χ3n) is 2.17. The molecule has 0 rings (SSSR count). The first-order valence-corrected chi connectivity index (χ1v) is 7.14. The van der Waals surface area contributed by atoms with Gasteiger partial charge in [0.05, 0.1) is 6.61 Å². The first-order valence-electron chi connectivity index (χ1n) is 4.83. The van der Waals surface area contributed by atoms with Gasteiger partial charge in [0.15, 0.2) is 0 Å². The number of alkyl halides is 1. The number of hydrogen-bond acceptors (Lipinski definition) is 1. The fourth-order valence-electron chi connectivity index (χ4n) is 1.12. The third-order valence-corrected chi connectivity index (χ3v) is 3.37. The fraction of sp³-hybridized carbons (Fsp3) is 0.818. The summed E-state index contributed by atoms with van der Waals surface area (Å²) in [6.45, 7) is 7.53. The summed E-state index contributed by atoms with van der Waals surface area (Å²) >= 11 is 5.99. The molecule has 0 aromatic rings. The molecule has 1 atom stereocenters. The van der Waals surface area contributed by atoms with Crippen LogP contribution < -0.4 is 0 Å². The molecule has 0 aliphatic rings. The molecule has 14 heavy (non-hydrogen) atoms. The van der Waals surface area contributed by atoms with Crippen LogP contribution in [0.25, 0.3) is 0 Å². The number of rotatable bonds is 5. The molecule has 0 aliphatic carbocycles. The highest BCUT2D eigenvalue weighted by atomic mass is 127. The van der Waals surface area contributed by atoms with Gasteiger partial charge in [-0.05, 0) is 16.3 Å². The van der Waals surface area contributed by atoms with Gasteiger partial charge >= 0.3 is 0 Å². The Labute approximate surface area is 110 Å². The van der Waals surface area contributed by atoms with Crippen molar-refractivity contribution in [2.75, 3.05) is 18.1 Å². The Balaban J connectivity index is 4.43. The lowest BCUT2D eigenvalue weighted by Crippen LogP contribution is -2.23. The van der Waals surface area contributed by atoms with Crippen LogP contribution in [0, 0.1) is 11.3 Å². The summed E-state index contributed by atoms with van der Waals surface area (Å²) < 4.78 is 7.69. The van der Waals surface area contributed by atoms with Crippen LogP contribution in [-0.2, 0) is 4.74 Å². The van der Waals surface area contributed by atoms with Crippen molar-refractivity contribution in [3.63, 3.8) is 0 Å². The van der Waals surface area contributed by atoms with Crippen LogP contribution in [0.3, 0.4) is 0 Å². The van der Waals surface area contributed by atoms with Crippen molar-refractivity contribution < 1.29 is 4.74 Å². The molecule has 0 N–H and O–H groups in total. The molecule has 0 fully saturated rings. The van der Waals surface area contributed by atoms with Crippen LogP contribution in [0.5, 0.6) is 0 Å². The minimum absolute atomic E-state index is 0.264. The highest BCUT2D eigenvalue weighted by Crippen LogP contribution is 2.30. The molecule has 1 nitrogen and oxygen atoms in total. The predicted octanol–water partition coefficient (Wildman–Crippen LogP) is 4.40. The van der Waals surface area contributed by atoms with E-state index in [1.165, 1.54) is 4.48 Å². The molecule has 0 bridgehead atoms. The Kier molecular flexibility index (Phi) is 7.70. The number of halogens is 2. The molecule has 3 heteroatoms. The van der Waals surface area contributed by atoms with Crippen molar-refractivity contribution >= 4 is 38.5 Å². The van der Waals surface area contributed by atoms with Gasteiger partial charge in [0, 0.05) is 17.5 Å². The largest absolute Gasteiger partial charge is 0.384 e. The van der Waals surface area contributed by atoms with Crippen molar-refractivity contribution in [2.45, 2.75) is 27.2 Å². The number of hydrogen-bond donors (Lipinski definition) is 0. The van der Waals surface area contributed by atoms with Crippen molar-refractivity contribution in [1.29, 1.82) is 0 Å². The maximum Gasteiger partial charge on any atom is 0.0530 e. The molecule has 0 heterocycles. The van der Waals surface area contributed by atoms with Gasteiger partial charge in [-0.25, -0.2) is 0 Å². The van der Waals surface area contributed by atoms with Crippen LogP contribution in [0.2, 0.25) is 0 Å². The van der Waals surface area contributed by atoms with E-state index in [0.717, 1.165) is 17.5 Å². The van der Waals surface area contributed by atoms with E-state index in [2.05, 4.69) is 65.4 Å². The van der Waals surface area contributed by atoms with Gasteiger partial charge in [0.2, 0.25) is 0 Å². The van der Waals surface area contributed by atoms with E-state index >= 15 is 0 Å². The summed E-state index contributed by atoms with van der Waals surface area (Å²) in [7, 11) is 1.76. The molecule has 0 aromatic carbocycles. The van der Waals surface area contributed by atoms with Gasteiger partial charge in [-0.1, -0.05) is 65.4 Å². The number of allylic oxidation sites excluding steroid dienone is 1.